The van der Waals surface area contributed by atoms with E-state index in [4.69, 9.17) is 4.74 Å². The lowest BCUT2D eigenvalue weighted by Gasteiger charge is -2.25. The summed E-state index contributed by atoms with van der Waals surface area (Å²) >= 11 is 0. The molecule has 0 saturated carbocycles. The summed E-state index contributed by atoms with van der Waals surface area (Å²) < 4.78 is 21.0. The minimum atomic E-state index is -1.12. The van der Waals surface area contributed by atoms with Crippen molar-refractivity contribution in [1.82, 2.24) is 9.55 Å². The van der Waals surface area contributed by atoms with Crippen molar-refractivity contribution in [3.63, 3.8) is 0 Å². The van der Waals surface area contributed by atoms with Crippen LogP contribution in [0, 0.1) is 5.92 Å². The van der Waals surface area contributed by atoms with E-state index in [2.05, 4.69) is 4.98 Å². The Morgan fingerprint density at radius 1 is 1.21 bits per heavy atom. The Bertz CT molecular complexity index is 779. The Morgan fingerprint density at radius 2 is 1.92 bits per heavy atom. The molecule has 2 heterocycles. The SMILES string of the molecule is O=c1[nH]c(=O)n(CC(F)C2CCOCC2)cc1Cc1ccccc1. The number of hydrogen-bond acceptors (Lipinski definition) is 3. The van der Waals surface area contributed by atoms with Crippen LogP contribution in [-0.4, -0.2) is 28.9 Å². The number of nitrogens with one attached hydrogen (secondary N) is 1. The van der Waals surface area contributed by atoms with Crippen LogP contribution in [0.4, 0.5) is 4.39 Å². The van der Waals surface area contributed by atoms with E-state index in [1.807, 2.05) is 30.3 Å². The standard InChI is InChI=1S/C18H21FN2O3/c19-16(14-6-8-24-9-7-14)12-21-11-15(17(22)20-18(21)23)10-13-4-2-1-3-5-13/h1-5,11,14,16H,6-10,12H2,(H,20,22,23). The Balaban J connectivity index is 1.79. The Kier molecular flexibility index (Phi) is 5.25. The summed E-state index contributed by atoms with van der Waals surface area (Å²) in [4.78, 5) is 26.3. The van der Waals surface area contributed by atoms with Crippen LogP contribution in [0.15, 0.2) is 46.1 Å². The molecule has 2 aromatic rings. The number of alkyl halides is 1. The van der Waals surface area contributed by atoms with Crippen LogP contribution in [0.5, 0.6) is 0 Å². The molecule has 1 N–H and O–H groups in total. The average molecular weight is 332 g/mol. The molecule has 1 saturated heterocycles. The first-order valence-electron chi connectivity index (χ1n) is 8.22. The van der Waals surface area contributed by atoms with E-state index in [1.165, 1.54) is 10.8 Å². The molecule has 0 amide bonds. The van der Waals surface area contributed by atoms with Crippen LogP contribution in [0.2, 0.25) is 0 Å². The van der Waals surface area contributed by atoms with Crippen molar-refractivity contribution in [3.8, 4) is 0 Å². The first-order valence-corrected chi connectivity index (χ1v) is 8.22. The first-order chi connectivity index (χ1) is 11.6. The van der Waals surface area contributed by atoms with E-state index in [1.54, 1.807) is 0 Å². The number of aromatic amines is 1. The summed E-state index contributed by atoms with van der Waals surface area (Å²) in [5, 5.41) is 0. The van der Waals surface area contributed by atoms with E-state index >= 15 is 0 Å². The van der Waals surface area contributed by atoms with Crippen LogP contribution in [0.3, 0.4) is 0 Å². The Labute approximate surface area is 139 Å². The van der Waals surface area contributed by atoms with Gasteiger partial charge >= 0.3 is 5.69 Å². The monoisotopic (exact) mass is 332 g/mol. The summed E-state index contributed by atoms with van der Waals surface area (Å²) in [6, 6.07) is 9.50. The summed E-state index contributed by atoms with van der Waals surface area (Å²) in [6.45, 7) is 1.08. The second-order valence-electron chi connectivity index (χ2n) is 6.19. The molecule has 1 aliphatic heterocycles. The fourth-order valence-corrected chi connectivity index (χ4v) is 3.05. The lowest BCUT2D eigenvalue weighted by atomic mass is 9.95. The molecule has 5 nitrogen and oxygen atoms in total. The molecule has 1 aromatic heterocycles. The number of nitrogens with zero attached hydrogens (tertiary/aromatic N) is 1. The molecule has 1 atom stereocenters. The van der Waals surface area contributed by atoms with Gasteiger partial charge in [0.2, 0.25) is 0 Å². The maximum atomic E-state index is 14.5. The Hall–Kier alpha value is -2.21. The van der Waals surface area contributed by atoms with E-state index in [0.29, 0.717) is 38.0 Å². The predicted octanol–water partition coefficient (Wildman–Crippen LogP) is 1.89. The van der Waals surface area contributed by atoms with Gasteiger partial charge in [0.1, 0.15) is 6.17 Å². The fourth-order valence-electron chi connectivity index (χ4n) is 3.05. The Morgan fingerprint density at radius 3 is 2.62 bits per heavy atom. The lowest BCUT2D eigenvalue weighted by Crippen LogP contribution is -2.36. The zero-order valence-electron chi connectivity index (χ0n) is 13.4. The first kappa shape index (κ1) is 16.6. The topological polar surface area (TPSA) is 64.1 Å². The number of rotatable bonds is 5. The number of H-pyrrole nitrogens is 1. The van der Waals surface area contributed by atoms with E-state index in [-0.39, 0.29) is 12.5 Å². The average Bonchev–Trinajstić information content (AvgIpc) is 2.60. The lowest BCUT2D eigenvalue weighted by molar-refractivity contribution is 0.0324. The smallest absolute Gasteiger partial charge is 0.328 e. The highest BCUT2D eigenvalue weighted by Gasteiger charge is 2.24. The van der Waals surface area contributed by atoms with Gasteiger partial charge < -0.3 is 4.74 Å². The van der Waals surface area contributed by atoms with Crippen molar-refractivity contribution in [3.05, 3.63) is 68.5 Å². The highest BCUT2D eigenvalue weighted by molar-refractivity contribution is 5.22. The van der Waals surface area contributed by atoms with Crippen molar-refractivity contribution in [2.24, 2.45) is 5.92 Å². The largest absolute Gasteiger partial charge is 0.381 e. The van der Waals surface area contributed by atoms with Crippen LogP contribution < -0.4 is 11.2 Å². The van der Waals surface area contributed by atoms with Gasteiger partial charge in [0.15, 0.2) is 0 Å². The molecule has 0 radical (unpaired) electrons. The molecule has 128 valence electrons. The summed E-state index contributed by atoms with van der Waals surface area (Å²) in [5.41, 5.74) is 0.447. The summed E-state index contributed by atoms with van der Waals surface area (Å²) in [7, 11) is 0. The van der Waals surface area contributed by atoms with Crippen molar-refractivity contribution in [2.75, 3.05) is 13.2 Å². The predicted molar refractivity (Wildman–Crippen MR) is 89.0 cm³/mol. The fraction of sp³-hybridized carbons (Fsp3) is 0.444. The van der Waals surface area contributed by atoms with Gasteiger partial charge in [-0.05, 0) is 24.3 Å². The van der Waals surface area contributed by atoms with Gasteiger partial charge in [0, 0.05) is 31.4 Å². The van der Waals surface area contributed by atoms with Crippen LogP contribution in [0.25, 0.3) is 0 Å². The molecular formula is C18H21FN2O3. The van der Waals surface area contributed by atoms with Gasteiger partial charge in [-0.15, -0.1) is 0 Å². The number of halogens is 1. The maximum Gasteiger partial charge on any atom is 0.328 e. The molecule has 1 aromatic carbocycles. The minimum absolute atomic E-state index is 0.0396. The van der Waals surface area contributed by atoms with Crippen molar-refractivity contribution in [2.45, 2.75) is 32.0 Å². The molecule has 0 aliphatic carbocycles. The highest BCUT2D eigenvalue weighted by atomic mass is 19.1. The molecule has 24 heavy (non-hydrogen) atoms. The van der Waals surface area contributed by atoms with Crippen molar-refractivity contribution in [1.29, 1.82) is 0 Å². The van der Waals surface area contributed by atoms with E-state index in [0.717, 1.165) is 5.56 Å². The number of ether oxygens (including phenoxy) is 1. The molecule has 3 rings (SSSR count). The molecule has 1 unspecified atom stereocenters. The molecule has 1 aliphatic rings. The number of aromatic nitrogens is 2. The van der Waals surface area contributed by atoms with Gasteiger partial charge in [-0.2, -0.15) is 0 Å². The van der Waals surface area contributed by atoms with Crippen LogP contribution >= 0.6 is 0 Å². The molecule has 6 heteroatoms. The van der Waals surface area contributed by atoms with Gasteiger partial charge in [-0.1, -0.05) is 30.3 Å². The maximum absolute atomic E-state index is 14.5. The third kappa shape index (κ3) is 4.00. The minimum Gasteiger partial charge on any atom is -0.381 e. The summed E-state index contributed by atoms with van der Waals surface area (Å²) in [5.74, 6) is -0.102. The zero-order chi connectivity index (χ0) is 16.9. The van der Waals surface area contributed by atoms with Crippen molar-refractivity contribution >= 4 is 0 Å². The van der Waals surface area contributed by atoms with Crippen LogP contribution in [-0.2, 0) is 17.7 Å². The zero-order valence-corrected chi connectivity index (χ0v) is 13.4. The number of hydrogen-bond donors (Lipinski definition) is 1. The van der Waals surface area contributed by atoms with E-state index in [9.17, 15) is 14.0 Å². The van der Waals surface area contributed by atoms with Gasteiger partial charge in [-0.3, -0.25) is 14.3 Å². The van der Waals surface area contributed by atoms with Gasteiger partial charge in [0.05, 0.1) is 6.54 Å². The highest BCUT2D eigenvalue weighted by Crippen LogP contribution is 2.22. The molecule has 0 bridgehead atoms. The normalized spacial score (nSPS) is 16.9. The van der Waals surface area contributed by atoms with Gasteiger partial charge in [-0.25, -0.2) is 9.18 Å². The second kappa shape index (κ2) is 7.57. The molecule has 0 spiro atoms. The van der Waals surface area contributed by atoms with E-state index < -0.39 is 17.4 Å². The van der Waals surface area contributed by atoms with Crippen molar-refractivity contribution < 1.29 is 9.13 Å². The second-order valence-corrected chi connectivity index (χ2v) is 6.19. The molecular weight excluding hydrogens is 311 g/mol. The third-order valence-corrected chi connectivity index (χ3v) is 4.47. The van der Waals surface area contributed by atoms with Crippen LogP contribution in [0.1, 0.15) is 24.0 Å². The quantitative estimate of drug-likeness (QED) is 0.909. The third-order valence-electron chi connectivity index (χ3n) is 4.47. The number of benzene rings is 1. The van der Waals surface area contributed by atoms with Gasteiger partial charge in [0.25, 0.3) is 5.56 Å². The molecule has 1 fully saturated rings. The summed E-state index contributed by atoms with van der Waals surface area (Å²) in [6.07, 6.45) is 2.10.